The lowest BCUT2D eigenvalue weighted by Gasteiger charge is -2.09. The van der Waals surface area contributed by atoms with Gasteiger partial charge >= 0.3 is 0 Å². The minimum absolute atomic E-state index is 0.0865. The molecule has 0 aliphatic rings. The Balaban J connectivity index is 3.00. The molecule has 1 aromatic carbocycles. The molecule has 0 heterocycles. The van der Waals surface area contributed by atoms with Gasteiger partial charge in [-0.1, -0.05) is 6.07 Å². The summed E-state index contributed by atoms with van der Waals surface area (Å²) in [6.45, 7) is 2.41. The Labute approximate surface area is 70.9 Å². The summed E-state index contributed by atoms with van der Waals surface area (Å²) in [7, 11) is 0. The van der Waals surface area contributed by atoms with Gasteiger partial charge in [0.05, 0.1) is 6.61 Å². The Hall–Kier alpha value is -1.42. The van der Waals surface area contributed by atoms with Gasteiger partial charge in [0.2, 0.25) is 0 Å². The van der Waals surface area contributed by atoms with E-state index in [0.717, 1.165) is 0 Å². The molecule has 0 amide bonds. The maximum absolute atomic E-state index is 9.30. The normalized spacial score (nSPS) is 9.50. The van der Waals surface area contributed by atoms with Gasteiger partial charge in [-0.15, -0.1) is 0 Å². The number of ether oxygens (including phenoxy) is 1. The number of nitrogen functional groups attached to an aromatic ring is 1. The minimum Gasteiger partial charge on any atom is -0.506 e. The van der Waals surface area contributed by atoms with Gasteiger partial charge in [0.25, 0.3) is 0 Å². The summed E-state index contributed by atoms with van der Waals surface area (Å²) in [4.78, 5) is 0. The molecule has 0 aliphatic heterocycles. The smallest absolute Gasteiger partial charge is 0.147 e. The van der Waals surface area contributed by atoms with Crippen molar-refractivity contribution in [3.8, 4) is 11.5 Å². The largest absolute Gasteiger partial charge is 0.506 e. The molecule has 4 nitrogen and oxygen atoms in total. The maximum Gasteiger partial charge on any atom is 0.147 e. The first-order chi connectivity index (χ1) is 5.79. The number of phenolic OH excluding ortho intramolecular Hbond substituents is 1. The van der Waals surface area contributed by atoms with Crippen molar-refractivity contribution in [2.24, 2.45) is 5.84 Å². The van der Waals surface area contributed by atoms with E-state index in [1.807, 2.05) is 6.92 Å². The van der Waals surface area contributed by atoms with E-state index < -0.39 is 0 Å². The Morgan fingerprint density at radius 2 is 2.33 bits per heavy atom. The van der Waals surface area contributed by atoms with Crippen molar-refractivity contribution in [3.05, 3.63) is 18.2 Å². The Morgan fingerprint density at radius 3 is 2.92 bits per heavy atom. The zero-order valence-corrected chi connectivity index (χ0v) is 6.87. The van der Waals surface area contributed by atoms with Crippen molar-refractivity contribution in [2.75, 3.05) is 12.0 Å². The van der Waals surface area contributed by atoms with Crippen LogP contribution < -0.4 is 16.0 Å². The summed E-state index contributed by atoms with van der Waals surface area (Å²) in [5, 5.41) is 9.30. The number of hydrogen-bond donors (Lipinski definition) is 3. The highest BCUT2D eigenvalue weighted by Gasteiger charge is 2.05. The molecule has 0 spiro atoms. The number of aromatic hydroxyl groups is 1. The van der Waals surface area contributed by atoms with E-state index in [-0.39, 0.29) is 5.75 Å². The Kier molecular flexibility index (Phi) is 2.76. The van der Waals surface area contributed by atoms with E-state index in [1.165, 1.54) is 6.07 Å². The highest BCUT2D eigenvalue weighted by molar-refractivity contribution is 5.64. The molecule has 0 saturated carbocycles. The highest BCUT2D eigenvalue weighted by atomic mass is 16.5. The molecular weight excluding hydrogens is 156 g/mol. The molecular formula is C8H12N2O2. The van der Waals surface area contributed by atoms with Crippen LogP contribution >= 0.6 is 0 Å². The molecule has 0 fully saturated rings. The molecule has 0 radical (unpaired) electrons. The third-order valence-corrected chi connectivity index (χ3v) is 1.45. The highest BCUT2D eigenvalue weighted by Crippen LogP contribution is 2.32. The number of para-hydroxylation sites is 1. The Bertz CT molecular complexity index is 263. The standard InChI is InChI=1S/C8H12N2O2/c1-2-12-7-5-3-4-6(11)8(7)10-9/h3-5,10-11H,2,9H2,1H3. The van der Waals surface area contributed by atoms with E-state index in [4.69, 9.17) is 10.6 Å². The van der Waals surface area contributed by atoms with Crippen LogP contribution in [-0.4, -0.2) is 11.7 Å². The van der Waals surface area contributed by atoms with Crippen LogP contribution in [0.2, 0.25) is 0 Å². The molecule has 1 aromatic rings. The van der Waals surface area contributed by atoms with Crippen molar-refractivity contribution >= 4 is 5.69 Å². The lowest BCUT2D eigenvalue weighted by atomic mass is 10.3. The molecule has 0 aliphatic carbocycles. The van der Waals surface area contributed by atoms with Gasteiger partial charge in [0.1, 0.15) is 17.2 Å². The van der Waals surface area contributed by atoms with Gasteiger partial charge in [-0.25, -0.2) is 0 Å². The van der Waals surface area contributed by atoms with Crippen LogP contribution in [0.15, 0.2) is 18.2 Å². The maximum atomic E-state index is 9.30. The third-order valence-electron chi connectivity index (χ3n) is 1.45. The first-order valence-corrected chi connectivity index (χ1v) is 3.71. The second-order valence-corrected chi connectivity index (χ2v) is 2.23. The molecule has 0 unspecified atom stereocenters. The van der Waals surface area contributed by atoms with Gasteiger partial charge in [-0.3, -0.25) is 5.84 Å². The van der Waals surface area contributed by atoms with Crippen LogP contribution in [0.25, 0.3) is 0 Å². The first kappa shape index (κ1) is 8.67. The average Bonchev–Trinajstić information content (AvgIpc) is 2.05. The predicted molar refractivity (Wildman–Crippen MR) is 47.1 cm³/mol. The third kappa shape index (κ3) is 1.60. The number of rotatable bonds is 3. The van der Waals surface area contributed by atoms with Crippen LogP contribution in [0.5, 0.6) is 11.5 Å². The molecule has 0 bridgehead atoms. The van der Waals surface area contributed by atoms with Gasteiger partial charge < -0.3 is 15.3 Å². The van der Waals surface area contributed by atoms with Crippen LogP contribution in [0.1, 0.15) is 6.92 Å². The van der Waals surface area contributed by atoms with Crippen LogP contribution in [0, 0.1) is 0 Å². The lowest BCUT2D eigenvalue weighted by Crippen LogP contribution is -2.08. The second-order valence-electron chi connectivity index (χ2n) is 2.23. The topological polar surface area (TPSA) is 67.5 Å². The van der Waals surface area contributed by atoms with Crippen molar-refractivity contribution in [1.29, 1.82) is 0 Å². The van der Waals surface area contributed by atoms with Crippen molar-refractivity contribution in [2.45, 2.75) is 6.92 Å². The van der Waals surface area contributed by atoms with E-state index in [2.05, 4.69) is 5.43 Å². The van der Waals surface area contributed by atoms with Crippen molar-refractivity contribution < 1.29 is 9.84 Å². The minimum atomic E-state index is 0.0865. The summed E-state index contributed by atoms with van der Waals surface area (Å²) in [6, 6.07) is 4.97. The van der Waals surface area contributed by atoms with Gasteiger partial charge in [0, 0.05) is 0 Å². The number of phenols is 1. The van der Waals surface area contributed by atoms with Gasteiger partial charge in [0.15, 0.2) is 0 Å². The fraction of sp³-hybridized carbons (Fsp3) is 0.250. The van der Waals surface area contributed by atoms with E-state index >= 15 is 0 Å². The van der Waals surface area contributed by atoms with Gasteiger partial charge in [-0.2, -0.15) is 0 Å². The molecule has 0 atom stereocenters. The Morgan fingerprint density at radius 1 is 1.58 bits per heavy atom. The number of hydrogen-bond acceptors (Lipinski definition) is 4. The number of nitrogens with one attached hydrogen (secondary N) is 1. The fourth-order valence-electron chi connectivity index (χ4n) is 0.940. The summed E-state index contributed by atoms with van der Waals surface area (Å²) < 4.78 is 5.21. The molecule has 0 saturated heterocycles. The summed E-state index contributed by atoms with van der Waals surface area (Å²) >= 11 is 0. The van der Waals surface area contributed by atoms with Crippen molar-refractivity contribution in [1.82, 2.24) is 0 Å². The molecule has 1 rings (SSSR count). The predicted octanol–water partition coefficient (Wildman–Crippen LogP) is 1.08. The first-order valence-electron chi connectivity index (χ1n) is 3.71. The van der Waals surface area contributed by atoms with E-state index in [1.54, 1.807) is 12.1 Å². The molecule has 12 heavy (non-hydrogen) atoms. The number of anilines is 1. The van der Waals surface area contributed by atoms with Crippen LogP contribution in [-0.2, 0) is 0 Å². The SMILES string of the molecule is CCOc1cccc(O)c1NN. The summed E-state index contributed by atoms with van der Waals surface area (Å²) in [5.74, 6) is 5.83. The fourth-order valence-corrected chi connectivity index (χ4v) is 0.940. The zero-order valence-electron chi connectivity index (χ0n) is 6.87. The zero-order chi connectivity index (χ0) is 8.97. The molecule has 4 heteroatoms. The molecule has 0 aromatic heterocycles. The monoisotopic (exact) mass is 168 g/mol. The molecule has 4 N–H and O–H groups in total. The summed E-state index contributed by atoms with van der Waals surface area (Å²) in [6.07, 6.45) is 0. The number of nitrogens with two attached hydrogens (primary N) is 1. The van der Waals surface area contributed by atoms with Crippen molar-refractivity contribution in [3.63, 3.8) is 0 Å². The number of benzene rings is 1. The molecule has 66 valence electrons. The van der Waals surface area contributed by atoms with Gasteiger partial charge in [-0.05, 0) is 19.1 Å². The quantitative estimate of drug-likeness (QED) is 0.359. The van der Waals surface area contributed by atoms with Crippen LogP contribution in [0.4, 0.5) is 5.69 Å². The second kappa shape index (κ2) is 3.82. The summed E-state index contributed by atoms with van der Waals surface area (Å²) in [5.41, 5.74) is 2.79. The lowest BCUT2D eigenvalue weighted by molar-refractivity contribution is 0.339. The van der Waals surface area contributed by atoms with E-state index in [0.29, 0.717) is 18.0 Å². The number of hydrazine groups is 1. The average molecular weight is 168 g/mol. The van der Waals surface area contributed by atoms with E-state index in [9.17, 15) is 5.11 Å². The van der Waals surface area contributed by atoms with Crippen LogP contribution in [0.3, 0.4) is 0 Å².